The van der Waals surface area contributed by atoms with Crippen molar-refractivity contribution in [3.8, 4) is 17.2 Å². The van der Waals surface area contributed by atoms with E-state index in [9.17, 15) is 9.18 Å². The molecule has 31 heavy (non-hydrogen) atoms. The Morgan fingerprint density at radius 3 is 2.68 bits per heavy atom. The molecular weight excluding hydrogens is 439 g/mol. The molecule has 2 heterocycles. The molecular formula is C21H26ClFN6OS. The van der Waals surface area contributed by atoms with Crippen molar-refractivity contribution in [2.24, 2.45) is 5.92 Å². The fraction of sp³-hybridized carbons (Fsp3) is 0.429. The number of halogens is 2. The number of aromatic nitrogens is 4. The van der Waals surface area contributed by atoms with Crippen molar-refractivity contribution in [3.05, 3.63) is 46.3 Å². The summed E-state index contributed by atoms with van der Waals surface area (Å²) in [4.78, 5) is 19.0. The van der Waals surface area contributed by atoms with E-state index in [1.807, 2.05) is 30.7 Å². The number of likely N-dealkylation sites (N-methyl/N-ethyl adjacent to an activating group) is 1. The van der Waals surface area contributed by atoms with Gasteiger partial charge >= 0.3 is 0 Å². The van der Waals surface area contributed by atoms with Crippen molar-refractivity contribution in [3.63, 3.8) is 0 Å². The molecule has 3 rings (SSSR count). The summed E-state index contributed by atoms with van der Waals surface area (Å²) in [6, 6.07) is 6.49. The number of carbonyl (C=O) groups excluding carboxylic acids is 1. The van der Waals surface area contributed by atoms with Crippen molar-refractivity contribution in [1.82, 2.24) is 30.0 Å². The van der Waals surface area contributed by atoms with Gasteiger partial charge in [0.25, 0.3) is 5.91 Å². The molecule has 0 atom stereocenters. The summed E-state index contributed by atoms with van der Waals surface area (Å²) in [5.41, 5.74) is 0.712. The molecule has 0 fully saturated rings. The summed E-state index contributed by atoms with van der Waals surface area (Å²) in [7, 11) is 0. The monoisotopic (exact) mass is 464 g/mol. The van der Waals surface area contributed by atoms with E-state index in [0.29, 0.717) is 59.5 Å². The van der Waals surface area contributed by atoms with Crippen LogP contribution in [0.1, 0.15) is 36.4 Å². The van der Waals surface area contributed by atoms with Gasteiger partial charge in [-0.05, 0) is 36.7 Å². The average molecular weight is 465 g/mol. The van der Waals surface area contributed by atoms with Crippen LogP contribution in [0.25, 0.3) is 17.2 Å². The number of nitrogens with one attached hydrogen (secondary N) is 1. The normalized spacial score (nSPS) is 11.5. The van der Waals surface area contributed by atoms with E-state index in [1.165, 1.54) is 23.5 Å². The molecule has 1 amide bonds. The Labute approximate surface area is 190 Å². The molecule has 166 valence electrons. The minimum absolute atomic E-state index is 0.206. The third kappa shape index (κ3) is 5.87. The molecule has 2 aromatic heterocycles. The molecule has 0 aliphatic heterocycles. The highest BCUT2D eigenvalue weighted by molar-refractivity contribution is 7.11. The zero-order chi connectivity index (χ0) is 22.4. The lowest BCUT2D eigenvalue weighted by molar-refractivity contribution is 0.0948. The molecule has 1 aromatic carbocycles. The SMILES string of the molecule is CCN(CCl)CCc1nnc(-c2ccc(F)cc2)n1-c1csc(C(=O)NCC(C)C)n1. The topological polar surface area (TPSA) is 75.9 Å². The van der Waals surface area contributed by atoms with Crippen molar-refractivity contribution in [1.29, 1.82) is 0 Å². The number of thiazole rings is 1. The first-order valence-electron chi connectivity index (χ1n) is 10.2. The molecule has 1 N–H and O–H groups in total. The molecule has 0 spiro atoms. The van der Waals surface area contributed by atoms with E-state index >= 15 is 0 Å². The van der Waals surface area contributed by atoms with Crippen LogP contribution in [0.5, 0.6) is 0 Å². The summed E-state index contributed by atoms with van der Waals surface area (Å²) in [5.74, 6) is 1.62. The number of alkyl halides is 1. The van der Waals surface area contributed by atoms with Crippen LogP contribution in [-0.4, -0.2) is 56.2 Å². The molecule has 0 aliphatic rings. The van der Waals surface area contributed by atoms with Crippen LogP contribution in [0.3, 0.4) is 0 Å². The van der Waals surface area contributed by atoms with Gasteiger partial charge in [0.2, 0.25) is 0 Å². The number of hydrogen-bond acceptors (Lipinski definition) is 6. The highest BCUT2D eigenvalue weighted by atomic mass is 35.5. The number of nitrogens with zero attached hydrogens (tertiary/aromatic N) is 5. The Balaban J connectivity index is 1.95. The van der Waals surface area contributed by atoms with E-state index in [4.69, 9.17) is 11.6 Å². The predicted molar refractivity (Wildman–Crippen MR) is 121 cm³/mol. The Hall–Kier alpha value is -2.36. The van der Waals surface area contributed by atoms with Gasteiger partial charge in [-0.3, -0.25) is 14.3 Å². The fourth-order valence-electron chi connectivity index (χ4n) is 2.91. The Kier molecular flexibility index (Phi) is 8.11. The first-order chi connectivity index (χ1) is 14.9. The van der Waals surface area contributed by atoms with Gasteiger partial charge in [0.1, 0.15) is 11.6 Å². The lowest BCUT2D eigenvalue weighted by Gasteiger charge is -2.16. The molecule has 0 bridgehead atoms. The number of carbonyl (C=O) groups is 1. The molecule has 3 aromatic rings. The van der Waals surface area contributed by atoms with Crippen molar-refractivity contribution < 1.29 is 9.18 Å². The van der Waals surface area contributed by atoms with Gasteiger partial charge in [0.15, 0.2) is 16.6 Å². The van der Waals surface area contributed by atoms with Gasteiger partial charge in [-0.2, -0.15) is 0 Å². The molecule has 0 unspecified atom stereocenters. The minimum Gasteiger partial charge on any atom is -0.350 e. The van der Waals surface area contributed by atoms with Crippen LogP contribution in [-0.2, 0) is 6.42 Å². The third-order valence-corrected chi connectivity index (χ3v) is 5.85. The number of hydrogen-bond donors (Lipinski definition) is 1. The van der Waals surface area contributed by atoms with Gasteiger partial charge in [0.05, 0.1) is 6.00 Å². The summed E-state index contributed by atoms with van der Waals surface area (Å²) < 4.78 is 15.2. The summed E-state index contributed by atoms with van der Waals surface area (Å²) in [5, 5.41) is 13.8. The number of amides is 1. The second-order valence-electron chi connectivity index (χ2n) is 7.48. The Morgan fingerprint density at radius 1 is 1.29 bits per heavy atom. The minimum atomic E-state index is -0.325. The zero-order valence-electron chi connectivity index (χ0n) is 17.8. The maximum Gasteiger partial charge on any atom is 0.280 e. The fourth-order valence-corrected chi connectivity index (χ4v) is 3.90. The van der Waals surface area contributed by atoms with E-state index in [1.54, 1.807) is 12.1 Å². The van der Waals surface area contributed by atoms with Gasteiger partial charge < -0.3 is 5.32 Å². The van der Waals surface area contributed by atoms with Crippen molar-refractivity contribution in [2.75, 3.05) is 25.6 Å². The maximum atomic E-state index is 13.4. The van der Waals surface area contributed by atoms with Crippen molar-refractivity contribution >= 4 is 28.8 Å². The number of benzene rings is 1. The molecule has 10 heteroatoms. The lowest BCUT2D eigenvalue weighted by Crippen LogP contribution is -2.27. The molecule has 7 nitrogen and oxygen atoms in total. The smallest absolute Gasteiger partial charge is 0.280 e. The number of rotatable bonds is 10. The van der Waals surface area contributed by atoms with E-state index < -0.39 is 0 Å². The highest BCUT2D eigenvalue weighted by Gasteiger charge is 2.20. The maximum absolute atomic E-state index is 13.4. The first kappa shape index (κ1) is 23.3. The molecule has 0 aliphatic carbocycles. The first-order valence-corrected chi connectivity index (χ1v) is 11.6. The van der Waals surface area contributed by atoms with Crippen LogP contribution < -0.4 is 5.32 Å². The summed E-state index contributed by atoms with van der Waals surface area (Å²) in [6.07, 6.45) is 0.598. The summed E-state index contributed by atoms with van der Waals surface area (Å²) >= 11 is 7.25. The lowest BCUT2D eigenvalue weighted by atomic mass is 10.2. The Morgan fingerprint density at radius 2 is 2.03 bits per heavy atom. The van der Waals surface area contributed by atoms with Crippen LogP contribution in [0.15, 0.2) is 29.6 Å². The van der Waals surface area contributed by atoms with Crippen molar-refractivity contribution in [2.45, 2.75) is 27.2 Å². The summed E-state index contributed by atoms with van der Waals surface area (Å²) in [6.45, 7) is 8.21. The average Bonchev–Trinajstić information content (AvgIpc) is 3.40. The second-order valence-corrected chi connectivity index (χ2v) is 8.57. The third-order valence-electron chi connectivity index (χ3n) is 4.69. The largest absolute Gasteiger partial charge is 0.350 e. The highest BCUT2D eigenvalue weighted by Crippen LogP contribution is 2.25. The van der Waals surface area contributed by atoms with Gasteiger partial charge in [-0.15, -0.1) is 33.1 Å². The van der Waals surface area contributed by atoms with E-state index in [0.717, 1.165) is 6.54 Å². The van der Waals surface area contributed by atoms with E-state index in [2.05, 4.69) is 25.4 Å². The van der Waals surface area contributed by atoms with Crippen LogP contribution >= 0.6 is 22.9 Å². The van der Waals surface area contributed by atoms with Crippen LogP contribution in [0.4, 0.5) is 4.39 Å². The second kappa shape index (κ2) is 10.8. The van der Waals surface area contributed by atoms with Gasteiger partial charge in [-0.25, -0.2) is 9.37 Å². The van der Waals surface area contributed by atoms with E-state index in [-0.39, 0.29) is 11.7 Å². The van der Waals surface area contributed by atoms with Crippen LogP contribution in [0.2, 0.25) is 0 Å². The predicted octanol–water partition coefficient (Wildman–Crippen LogP) is 3.98. The van der Waals surface area contributed by atoms with Gasteiger partial charge in [0, 0.05) is 30.5 Å². The molecule has 0 saturated carbocycles. The standard InChI is InChI=1S/C21H26ClFN6OS/c1-4-28(13-22)10-9-17-26-27-19(15-5-7-16(23)8-6-15)29(17)18-12-31-21(25-18)20(30)24-11-14(2)3/h5-8,12,14H,4,9-11,13H2,1-3H3,(H,24,30). The molecule has 0 saturated heterocycles. The molecule has 0 radical (unpaired) electrons. The van der Waals surface area contributed by atoms with Crippen LogP contribution in [0, 0.1) is 11.7 Å². The van der Waals surface area contributed by atoms with Gasteiger partial charge in [-0.1, -0.05) is 20.8 Å². The quantitative estimate of drug-likeness (QED) is 0.363. The zero-order valence-corrected chi connectivity index (χ0v) is 19.4. The Bertz CT molecular complexity index is 1000.